The molecule has 136 valence electrons. The summed E-state index contributed by atoms with van der Waals surface area (Å²) in [5.41, 5.74) is 2.01. The van der Waals surface area contributed by atoms with Crippen LogP contribution in [0.4, 0.5) is 11.4 Å². The third-order valence-corrected chi connectivity index (χ3v) is 6.25. The molecule has 3 rings (SSSR count). The molecule has 1 atom stereocenters. The number of rotatable bonds is 3. The lowest BCUT2D eigenvalue weighted by Crippen LogP contribution is -2.28. The summed E-state index contributed by atoms with van der Waals surface area (Å²) in [7, 11) is 0. The number of carbonyl (C=O) groups excluding carboxylic acids is 2. The van der Waals surface area contributed by atoms with Gasteiger partial charge in [0.25, 0.3) is 0 Å². The van der Waals surface area contributed by atoms with Gasteiger partial charge in [0, 0.05) is 23.1 Å². The van der Waals surface area contributed by atoms with Gasteiger partial charge in [-0.05, 0) is 52.7 Å². The van der Waals surface area contributed by atoms with Gasteiger partial charge in [0.2, 0.25) is 11.8 Å². The first kappa shape index (κ1) is 19.5. The number of halogens is 4. The SMILES string of the molecule is Cc1cc(Br)c(Cl)cc1NC(=O)[C@@H]1CC(=O)N(c2cccc(Cl)c2Cl)C1. The van der Waals surface area contributed by atoms with Crippen LogP contribution >= 0.6 is 50.7 Å². The molecule has 0 radical (unpaired) electrons. The highest BCUT2D eigenvalue weighted by Crippen LogP contribution is 2.36. The molecule has 1 fully saturated rings. The lowest BCUT2D eigenvalue weighted by Gasteiger charge is -2.19. The molecule has 1 saturated heterocycles. The van der Waals surface area contributed by atoms with E-state index in [0.29, 0.717) is 26.4 Å². The maximum absolute atomic E-state index is 12.6. The molecule has 0 saturated carbocycles. The number of amides is 2. The average molecular weight is 477 g/mol. The van der Waals surface area contributed by atoms with Crippen LogP contribution in [0.25, 0.3) is 0 Å². The topological polar surface area (TPSA) is 49.4 Å². The summed E-state index contributed by atoms with van der Waals surface area (Å²) in [5, 5.41) is 4.03. The van der Waals surface area contributed by atoms with Crippen LogP contribution in [-0.4, -0.2) is 18.4 Å². The van der Waals surface area contributed by atoms with Gasteiger partial charge in [-0.15, -0.1) is 0 Å². The summed E-state index contributed by atoms with van der Waals surface area (Å²) in [6.07, 6.45) is 0.109. The summed E-state index contributed by atoms with van der Waals surface area (Å²) >= 11 is 21.7. The molecule has 0 spiro atoms. The molecule has 0 aromatic heterocycles. The van der Waals surface area contributed by atoms with Crippen LogP contribution in [0.3, 0.4) is 0 Å². The molecule has 1 heterocycles. The molecule has 1 aliphatic rings. The second-order valence-electron chi connectivity index (χ2n) is 6.05. The normalized spacial score (nSPS) is 16.9. The molecule has 2 amide bonds. The van der Waals surface area contributed by atoms with Crippen molar-refractivity contribution in [2.24, 2.45) is 5.92 Å². The van der Waals surface area contributed by atoms with Crippen LogP contribution < -0.4 is 10.2 Å². The molecule has 1 aliphatic heterocycles. The van der Waals surface area contributed by atoms with Gasteiger partial charge < -0.3 is 10.2 Å². The van der Waals surface area contributed by atoms with E-state index in [1.165, 1.54) is 4.90 Å². The van der Waals surface area contributed by atoms with Crippen molar-refractivity contribution in [1.82, 2.24) is 0 Å². The summed E-state index contributed by atoms with van der Waals surface area (Å²) in [6.45, 7) is 2.11. The van der Waals surface area contributed by atoms with Gasteiger partial charge in [0.05, 0.1) is 26.7 Å². The van der Waals surface area contributed by atoms with Gasteiger partial charge in [-0.1, -0.05) is 40.9 Å². The molecule has 4 nitrogen and oxygen atoms in total. The van der Waals surface area contributed by atoms with Crippen molar-refractivity contribution >= 4 is 73.9 Å². The van der Waals surface area contributed by atoms with E-state index < -0.39 is 5.92 Å². The first-order valence-corrected chi connectivity index (χ1v) is 9.71. The van der Waals surface area contributed by atoms with Gasteiger partial charge in [-0.3, -0.25) is 9.59 Å². The fraction of sp³-hybridized carbons (Fsp3) is 0.222. The lowest BCUT2D eigenvalue weighted by atomic mass is 10.1. The summed E-state index contributed by atoms with van der Waals surface area (Å²) in [5.74, 6) is -0.889. The van der Waals surface area contributed by atoms with E-state index in [9.17, 15) is 9.59 Å². The zero-order chi connectivity index (χ0) is 19.0. The number of benzene rings is 2. The first-order chi connectivity index (χ1) is 12.3. The van der Waals surface area contributed by atoms with Gasteiger partial charge in [0.1, 0.15) is 0 Å². The Hall–Kier alpha value is -1.27. The fourth-order valence-corrected chi connectivity index (χ4v) is 3.85. The van der Waals surface area contributed by atoms with Crippen LogP contribution in [0.15, 0.2) is 34.8 Å². The summed E-state index contributed by atoms with van der Waals surface area (Å²) < 4.78 is 0.757. The number of nitrogens with one attached hydrogen (secondary N) is 1. The Morgan fingerprint density at radius 2 is 1.96 bits per heavy atom. The minimum Gasteiger partial charge on any atom is -0.325 e. The largest absolute Gasteiger partial charge is 0.325 e. The maximum atomic E-state index is 12.6. The van der Waals surface area contributed by atoms with Crippen molar-refractivity contribution in [3.05, 3.63) is 55.4 Å². The zero-order valence-electron chi connectivity index (χ0n) is 13.7. The second kappa shape index (κ2) is 7.77. The lowest BCUT2D eigenvalue weighted by molar-refractivity contribution is -0.122. The van der Waals surface area contributed by atoms with Crippen molar-refractivity contribution in [1.29, 1.82) is 0 Å². The van der Waals surface area contributed by atoms with Crippen LogP contribution in [0.1, 0.15) is 12.0 Å². The van der Waals surface area contributed by atoms with Gasteiger partial charge in [-0.25, -0.2) is 0 Å². The molecule has 0 bridgehead atoms. The number of anilines is 2. The predicted octanol–water partition coefficient (Wildman–Crippen LogP) is 5.71. The number of carbonyl (C=O) groups is 2. The zero-order valence-corrected chi connectivity index (χ0v) is 17.5. The van der Waals surface area contributed by atoms with E-state index in [1.54, 1.807) is 24.3 Å². The van der Waals surface area contributed by atoms with Crippen molar-refractivity contribution in [3.8, 4) is 0 Å². The van der Waals surface area contributed by atoms with Crippen LogP contribution in [0.2, 0.25) is 15.1 Å². The highest BCUT2D eigenvalue weighted by molar-refractivity contribution is 9.10. The van der Waals surface area contributed by atoms with E-state index >= 15 is 0 Å². The number of hydrogen-bond donors (Lipinski definition) is 1. The van der Waals surface area contributed by atoms with Gasteiger partial charge in [0.15, 0.2) is 0 Å². The Morgan fingerprint density at radius 1 is 1.23 bits per heavy atom. The van der Waals surface area contributed by atoms with Gasteiger partial charge in [-0.2, -0.15) is 0 Å². The molecule has 2 aromatic carbocycles. The number of nitrogens with zero attached hydrogens (tertiary/aromatic N) is 1. The third-order valence-electron chi connectivity index (χ3n) is 4.24. The fourth-order valence-electron chi connectivity index (χ4n) is 2.83. The Labute approximate surface area is 174 Å². The molecular weight excluding hydrogens is 462 g/mol. The average Bonchev–Trinajstić information content (AvgIpc) is 2.97. The third kappa shape index (κ3) is 3.86. The van der Waals surface area contributed by atoms with Crippen LogP contribution in [0.5, 0.6) is 0 Å². The molecule has 0 aliphatic carbocycles. The van der Waals surface area contributed by atoms with Crippen LogP contribution in [0, 0.1) is 12.8 Å². The number of aryl methyl sites for hydroxylation is 1. The summed E-state index contributed by atoms with van der Waals surface area (Å²) in [6, 6.07) is 8.59. The Balaban J connectivity index is 1.77. The Kier molecular flexibility index (Phi) is 5.82. The van der Waals surface area contributed by atoms with E-state index in [0.717, 1.165) is 10.0 Å². The highest BCUT2D eigenvalue weighted by atomic mass is 79.9. The Bertz CT molecular complexity index is 904. The minimum atomic E-state index is -0.487. The smallest absolute Gasteiger partial charge is 0.229 e. The maximum Gasteiger partial charge on any atom is 0.229 e. The van der Waals surface area contributed by atoms with Crippen LogP contribution in [-0.2, 0) is 9.59 Å². The Morgan fingerprint density at radius 3 is 2.69 bits per heavy atom. The standard InChI is InChI=1S/C18H14BrCl3N2O2/c1-9-5-11(19)13(21)7-14(9)23-18(26)10-6-16(25)24(8-10)15-4-2-3-12(20)17(15)22/h2-5,7,10H,6,8H2,1H3,(H,23,26)/t10-/m1/s1. The van der Waals surface area contributed by atoms with Gasteiger partial charge >= 0.3 is 0 Å². The molecule has 0 unspecified atom stereocenters. The molecular formula is C18H14BrCl3N2O2. The van der Waals surface area contributed by atoms with E-state index in [2.05, 4.69) is 21.2 Å². The van der Waals surface area contributed by atoms with E-state index in [-0.39, 0.29) is 24.8 Å². The molecule has 26 heavy (non-hydrogen) atoms. The number of hydrogen-bond acceptors (Lipinski definition) is 2. The molecule has 2 aromatic rings. The highest BCUT2D eigenvalue weighted by Gasteiger charge is 2.36. The first-order valence-electron chi connectivity index (χ1n) is 7.79. The summed E-state index contributed by atoms with van der Waals surface area (Å²) in [4.78, 5) is 26.5. The minimum absolute atomic E-state index is 0.109. The van der Waals surface area contributed by atoms with Crippen molar-refractivity contribution in [2.75, 3.05) is 16.8 Å². The molecule has 1 N–H and O–H groups in total. The second-order valence-corrected chi connectivity index (χ2v) is 8.10. The van der Waals surface area contributed by atoms with Crippen molar-refractivity contribution < 1.29 is 9.59 Å². The van der Waals surface area contributed by atoms with Crippen molar-refractivity contribution in [2.45, 2.75) is 13.3 Å². The van der Waals surface area contributed by atoms with Crippen molar-refractivity contribution in [3.63, 3.8) is 0 Å². The van der Waals surface area contributed by atoms with E-state index in [1.807, 2.05) is 13.0 Å². The monoisotopic (exact) mass is 474 g/mol. The quantitative estimate of drug-likeness (QED) is 0.617. The van der Waals surface area contributed by atoms with E-state index in [4.69, 9.17) is 34.8 Å². The molecule has 8 heteroatoms. The predicted molar refractivity (Wildman–Crippen MR) is 109 cm³/mol.